The van der Waals surface area contributed by atoms with E-state index in [-0.39, 0.29) is 11.7 Å². The topological polar surface area (TPSA) is 97.1 Å². The SMILES string of the molecule is CC(NC(=O)c1ccco1)C(=O)Nc1nncs1. The number of amides is 2. The van der Waals surface area contributed by atoms with Crippen LogP contribution in [-0.2, 0) is 4.79 Å². The van der Waals surface area contributed by atoms with E-state index in [1.807, 2.05) is 0 Å². The molecule has 2 aromatic rings. The van der Waals surface area contributed by atoms with E-state index >= 15 is 0 Å². The molecule has 0 fully saturated rings. The molecule has 7 nitrogen and oxygen atoms in total. The van der Waals surface area contributed by atoms with Gasteiger partial charge in [-0.25, -0.2) is 0 Å². The first-order valence-corrected chi connectivity index (χ1v) is 5.96. The Morgan fingerprint density at radius 1 is 1.50 bits per heavy atom. The summed E-state index contributed by atoms with van der Waals surface area (Å²) < 4.78 is 4.92. The Balaban J connectivity index is 1.89. The molecule has 2 rings (SSSR count). The van der Waals surface area contributed by atoms with Gasteiger partial charge in [0.1, 0.15) is 11.6 Å². The smallest absolute Gasteiger partial charge is 0.287 e. The lowest BCUT2D eigenvalue weighted by atomic mass is 10.3. The van der Waals surface area contributed by atoms with Crippen molar-refractivity contribution in [2.75, 3.05) is 5.32 Å². The normalized spacial score (nSPS) is 11.8. The summed E-state index contributed by atoms with van der Waals surface area (Å²) in [5.41, 5.74) is 1.50. The molecule has 0 radical (unpaired) electrons. The van der Waals surface area contributed by atoms with Gasteiger partial charge in [0.25, 0.3) is 5.91 Å². The molecule has 0 spiro atoms. The minimum Gasteiger partial charge on any atom is -0.459 e. The molecule has 0 aromatic carbocycles. The number of aromatic nitrogens is 2. The van der Waals surface area contributed by atoms with Crippen LogP contribution in [0.4, 0.5) is 5.13 Å². The Morgan fingerprint density at radius 2 is 2.33 bits per heavy atom. The van der Waals surface area contributed by atoms with Crippen LogP contribution in [0.2, 0.25) is 0 Å². The quantitative estimate of drug-likeness (QED) is 0.856. The molecule has 8 heteroatoms. The zero-order chi connectivity index (χ0) is 13.0. The fourth-order valence-corrected chi connectivity index (χ4v) is 1.63. The molecule has 0 aliphatic heterocycles. The van der Waals surface area contributed by atoms with Crippen LogP contribution in [0, 0.1) is 0 Å². The van der Waals surface area contributed by atoms with Gasteiger partial charge in [-0.15, -0.1) is 10.2 Å². The number of furan rings is 1. The average molecular weight is 266 g/mol. The maximum Gasteiger partial charge on any atom is 0.287 e. The molecule has 94 valence electrons. The number of nitrogens with zero attached hydrogens (tertiary/aromatic N) is 2. The number of carbonyl (C=O) groups is 2. The van der Waals surface area contributed by atoms with Crippen LogP contribution in [-0.4, -0.2) is 28.1 Å². The first kappa shape index (κ1) is 12.2. The highest BCUT2D eigenvalue weighted by Crippen LogP contribution is 2.08. The minimum atomic E-state index is -0.702. The molecule has 18 heavy (non-hydrogen) atoms. The Labute approximate surface area is 106 Å². The van der Waals surface area contributed by atoms with Crippen LogP contribution < -0.4 is 10.6 Å². The van der Waals surface area contributed by atoms with Crippen LogP contribution in [0.15, 0.2) is 28.3 Å². The number of hydrogen-bond donors (Lipinski definition) is 2. The van der Waals surface area contributed by atoms with E-state index in [4.69, 9.17) is 4.42 Å². The standard InChI is InChI=1S/C10H10N4O3S/c1-6(8(15)13-10-14-11-5-18-10)12-9(16)7-3-2-4-17-7/h2-6H,1H3,(H,12,16)(H,13,14,15). The monoisotopic (exact) mass is 266 g/mol. The summed E-state index contributed by atoms with van der Waals surface area (Å²) in [4.78, 5) is 23.3. The van der Waals surface area contributed by atoms with Crippen molar-refractivity contribution in [2.24, 2.45) is 0 Å². The number of nitrogens with one attached hydrogen (secondary N) is 2. The zero-order valence-corrected chi connectivity index (χ0v) is 10.2. The highest BCUT2D eigenvalue weighted by molar-refractivity contribution is 7.13. The zero-order valence-electron chi connectivity index (χ0n) is 9.41. The summed E-state index contributed by atoms with van der Waals surface area (Å²) in [6, 6.07) is 2.41. The molecule has 0 aliphatic carbocycles. The highest BCUT2D eigenvalue weighted by Gasteiger charge is 2.18. The highest BCUT2D eigenvalue weighted by atomic mass is 32.1. The van der Waals surface area contributed by atoms with E-state index in [1.165, 1.54) is 29.2 Å². The third-order valence-electron chi connectivity index (χ3n) is 2.08. The molecule has 1 atom stereocenters. The summed E-state index contributed by atoms with van der Waals surface area (Å²) in [6.07, 6.45) is 1.39. The molecule has 1 unspecified atom stereocenters. The lowest BCUT2D eigenvalue weighted by molar-refractivity contribution is -0.117. The van der Waals surface area contributed by atoms with E-state index in [1.54, 1.807) is 13.0 Å². The number of rotatable bonds is 4. The summed E-state index contributed by atoms with van der Waals surface area (Å²) in [5.74, 6) is -0.655. The van der Waals surface area contributed by atoms with Crippen LogP contribution in [0.3, 0.4) is 0 Å². The van der Waals surface area contributed by atoms with Crippen LogP contribution >= 0.6 is 11.3 Å². The second kappa shape index (κ2) is 5.41. The predicted octanol–water partition coefficient (Wildman–Crippen LogP) is 0.888. The van der Waals surface area contributed by atoms with Crippen molar-refractivity contribution in [3.63, 3.8) is 0 Å². The van der Waals surface area contributed by atoms with Gasteiger partial charge in [-0.05, 0) is 19.1 Å². The molecular formula is C10H10N4O3S. The van der Waals surface area contributed by atoms with Gasteiger partial charge in [-0.1, -0.05) is 11.3 Å². The fraction of sp³-hybridized carbons (Fsp3) is 0.200. The third-order valence-corrected chi connectivity index (χ3v) is 2.68. The molecule has 0 aliphatic rings. The molecule has 2 amide bonds. The van der Waals surface area contributed by atoms with Gasteiger partial charge in [0, 0.05) is 0 Å². The van der Waals surface area contributed by atoms with E-state index in [9.17, 15) is 9.59 Å². The van der Waals surface area contributed by atoms with Gasteiger partial charge in [-0.2, -0.15) is 0 Å². The van der Waals surface area contributed by atoms with Gasteiger partial charge < -0.3 is 9.73 Å². The summed E-state index contributed by atoms with van der Waals surface area (Å²) in [5, 5.41) is 12.7. The van der Waals surface area contributed by atoms with Crippen molar-refractivity contribution >= 4 is 28.3 Å². The van der Waals surface area contributed by atoms with Crippen LogP contribution in [0.25, 0.3) is 0 Å². The first-order chi connectivity index (χ1) is 8.66. The van der Waals surface area contributed by atoms with E-state index in [0.717, 1.165) is 0 Å². The fourth-order valence-electron chi connectivity index (χ4n) is 1.18. The molecule has 0 saturated heterocycles. The predicted molar refractivity (Wildman–Crippen MR) is 64.2 cm³/mol. The average Bonchev–Trinajstić information content (AvgIpc) is 3.01. The van der Waals surface area contributed by atoms with Gasteiger partial charge >= 0.3 is 0 Å². The molecule has 2 heterocycles. The van der Waals surface area contributed by atoms with Crippen molar-refractivity contribution in [3.8, 4) is 0 Å². The van der Waals surface area contributed by atoms with Gasteiger partial charge in [-0.3, -0.25) is 14.9 Å². The second-order valence-corrected chi connectivity index (χ2v) is 4.24. The molecule has 0 bridgehead atoms. The molecule has 2 aromatic heterocycles. The maximum absolute atomic E-state index is 11.7. The number of carbonyl (C=O) groups excluding carboxylic acids is 2. The second-order valence-electron chi connectivity index (χ2n) is 3.41. The lowest BCUT2D eigenvalue weighted by Gasteiger charge is -2.11. The molecule has 2 N–H and O–H groups in total. The minimum absolute atomic E-state index is 0.158. The summed E-state index contributed by atoms with van der Waals surface area (Å²) in [7, 11) is 0. The van der Waals surface area contributed by atoms with Gasteiger partial charge in [0.05, 0.1) is 6.26 Å². The van der Waals surface area contributed by atoms with Crippen molar-refractivity contribution in [1.82, 2.24) is 15.5 Å². The first-order valence-electron chi connectivity index (χ1n) is 5.08. The number of anilines is 1. The van der Waals surface area contributed by atoms with E-state index in [0.29, 0.717) is 5.13 Å². The Bertz CT molecular complexity index is 523. The van der Waals surface area contributed by atoms with Crippen molar-refractivity contribution in [1.29, 1.82) is 0 Å². The molecular weight excluding hydrogens is 256 g/mol. The lowest BCUT2D eigenvalue weighted by Crippen LogP contribution is -2.41. The molecule has 0 saturated carbocycles. The van der Waals surface area contributed by atoms with Crippen LogP contribution in [0.1, 0.15) is 17.5 Å². The largest absolute Gasteiger partial charge is 0.459 e. The number of hydrogen-bond acceptors (Lipinski definition) is 6. The maximum atomic E-state index is 11.7. The van der Waals surface area contributed by atoms with Crippen molar-refractivity contribution in [2.45, 2.75) is 13.0 Å². The Kier molecular flexibility index (Phi) is 3.68. The van der Waals surface area contributed by atoms with Gasteiger partial charge in [0.2, 0.25) is 11.0 Å². The Hall–Kier alpha value is -2.22. The summed E-state index contributed by atoms with van der Waals surface area (Å²) >= 11 is 1.20. The van der Waals surface area contributed by atoms with E-state index < -0.39 is 11.9 Å². The summed E-state index contributed by atoms with van der Waals surface area (Å²) in [6.45, 7) is 1.57. The Morgan fingerprint density at radius 3 is 2.94 bits per heavy atom. The van der Waals surface area contributed by atoms with E-state index in [2.05, 4.69) is 20.8 Å². The van der Waals surface area contributed by atoms with Crippen molar-refractivity contribution in [3.05, 3.63) is 29.7 Å². The van der Waals surface area contributed by atoms with Crippen LogP contribution in [0.5, 0.6) is 0 Å². The van der Waals surface area contributed by atoms with Crippen molar-refractivity contribution < 1.29 is 14.0 Å². The van der Waals surface area contributed by atoms with Gasteiger partial charge in [0.15, 0.2) is 5.76 Å². The third kappa shape index (κ3) is 2.92.